The molecule has 0 atom stereocenters. The molecule has 1 fully saturated rings. The Morgan fingerprint density at radius 2 is 1.86 bits per heavy atom. The first-order chi connectivity index (χ1) is 6.84. The first-order valence-electron chi connectivity index (χ1n) is 5.48. The first kappa shape index (κ1) is 9.45. The van der Waals surface area contributed by atoms with E-state index < -0.39 is 0 Å². The van der Waals surface area contributed by atoms with Gasteiger partial charge in [-0.25, -0.2) is 0 Å². The molecule has 14 heavy (non-hydrogen) atoms. The fourth-order valence-corrected chi connectivity index (χ4v) is 1.95. The van der Waals surface area contributed by atoms with E-state index in [1.54, 1.807) is 0 Å². The molecule has 1 saturated carbocycles. The lowest BCUT2D eigenvalue weighted by atomic mass is 9.98. The van der Waals surface area contributed by atoms with Gasteiger partial charge in [0, 0.05) is 5.71 Å². The highest BCUT2D eigenvalue weighted by Crippen LogP contribution is 2.20. The van der Waals surface area contributed by atoms with Crippen LogP contribution in [0.1, 0.15) is 37.7 Å². The lowest BCUT2D eigenvalue weighted by Gasteiger charge is -2.12. The largest absolute Gasteiger partial charge is 0.258 e. The normalized spacial score (nSPS) is 16.8. The average molecular weight is 187 g/mol. The van der Waals surface area contributed by atoms with Crippen molar-refractivity contribution in [3.8, 4) is 0 Å². The molecule has 0 aromatic heterocycles. The number of benzene rings is 1. The van der Waals surface area contributed by atoms with Gasteiger partial charge >= 0.3 is 0 Å². The van der Waals surface area contributed by atoms with Crippen LogP contribution in [-0.4, -0.2) is 5.71 Å². The van der Waals surface area contributed by atoms with E-state index in [-0.39, 0.29) is 0 Å². The van der Waals surface area contributed by atoms with Gasteiger partial charge in [-0.3, -0.25) is 4.99 Å². The zero-order valence-corrected chi connectivity index (χ0v) is 8.79. The van der Waals surface area contributed by atoms with E-state index in [0.717, 1.165) is 5.69 Å². The van der Waals surface area contributed by atoms with Crippen LogP contribution in [0.15, 0.2) is 29.3 Å². The Bertz CT molecular complexity index is 331. The van der Waals surface area contributed by atoms with Gasteiger partial charge in [-0.1, -0.05) is 18.6 Å². The van der Waals surface area contributed by atoms with E-state index in [9.17, 15) is 0 Å². The molecule has 74 valence electrons. The minimum atomic E-state index is 1.13. The molecule has 0 unspecified atom stereocenters. The Kier molecular flexibility index (Phi) is 2.97. The van der Waals surface area contributed by atoms with Crippen LogP contribution in [0.25, 0.3) is 0 Å². The van der Waals surface area contributed by atoms with Gasteiger partial charge in [0.1, 0.15) is 0 Å². The third-order valence-corrected chi connectivity index (χ3v) is 2.72. The summed E-state index contributed by atoms with van der Waals surface area (Å²) in [6.07, 6.45) is 6.43. The molecule has 1 aliphatic carbocycles. The standard InChI is InChI=1S/C13H17N/c1-11-6-5-9-13(10-11)14-12-7-3-2-4-8-12/h5-6,9-10H,2-4,7-8H2,1H3. The van der Waals surface area contributed by atoms with Gasteiger partial charge in [-0.2, -0.15) is 0 Å². The minimum Gasteiger partial charge on any atom is -0.258 e. The second-order valence-corrected chi connectivity index (χ2v) is 4.08. The van der Waals surface area contributed by atoms with Gasteiger partial charge < -0.3 is 0 Å². The minimum absolute atomic E-state index is 1.13. The summed E-state index contributed by atoms with van der Waals surface area (Å²) in [5, 5.41) is 0. The summed E-state index contributed by atoms with van der Waals surface area (Å²) in [4.78, 5) is 4.70. The van der Waals surface area contributed by atoms with E-state index in [4.69, 9.17) is 4.99 Å². The van der Waals surface area contributed by atoms with Crippen molar-refractivity contribution in [1.29, 1.82) is 0 Å². The second-order valence-electron chi connectivity index (χ2n) is 4.08. The molecule has 0 bridgehead atoms. The first-order valence-corrected chi connectivity index (χ1v) is 5.48. The lowest BCUT2D eigenvalue weighted by Crippen LogP contribution is -2.03. The van der Waals surface area contributed by atoms with E-state index in [0.29, 0.717) is 0 Å². The molecule has 0 N–H and O–H groups in total. The maximum absolute atomic E-state index is 4.70. The van der Waals surface area contributed by atoms with Crippen LogP contribution in [0.3, 0.4) is 0 Å². The molecule has 2 rings (SSSR count). The van der Waals surface area contributed by atoms with Crippen molar-refractivity contribution in [1.82, 2.24) is 0 Å². The fourth-order valence-electron chi connectivity index (χ4n) is 1.95. The SMILES string of the molecule is Cc1cccc(N=C2CCCCC2)c1. The summed E-state index contributed by atoms with van der Waals surface area (Å²) in [7, 11) is 0. The third kappa shape index (κ3) is 2.44. The van der Waals surface area contributed by atoms with Crippen molar-refractivity contribution in [2.75, 3.05) is 0 Å². The number of rotatable bonds is 1. The molecule has 0 saturated heterocycles. The van der Waals surface area contributed by atoms with Crippen molar-refractivity contribution in [2.45, 2.75) is 39.0 Å². The molecule has 0 heterocycles. The molecule has 1 aromatic rings. The van der Waals surface area contributed by atoms with Crippen molar-refractivity contribution in [3.63, 3.8) is 0 Å². The van der Waals surface area contributed by atoms with Crippen LogP contribution < -0.4 is 0 Å². The predicted octanol–water partition coefficient (Wildman–Crippen LogP) is 4.03. The zero-order chi connectivity index (χ0) is 9.80. The highest BCUT2D eigenvalue weighted by atomic mass is 14.7. The van der Waals surface area contributed by atoms with Gasteiger partial charge in [0.05, 0.1) is 5.69 Å². The molecule has 0 aliphatic heterocycles. The van der Waals surface area contributed by atoms with Crippen molar-refractivity contribution < 1.29 is 0 Å². The van der Waals surface area contributed by atoms with Crippen molar-refractivity contribution in [3.05, 3.63) is 29.8 Å². The summed E-state index contributed by atoms with van der Waals surface area (Å²) in [5.74, 6) is 0. The second kappa shape index (κ2) is 4.41. The molecule has 1 heteroatoms. The smallest absolute Gasteiger partial charge is 0.0631 e. The molecule has 0 amide bonds. The summed E-state index contributed by atoms with van der Waals surface area (Å²) < 4.78 is 0. The van der Waals surface area contributed by atoms with Gasteiger partial charge in [-0.05, 0) is 50.3 Å². The molecule has 0 radical (unpaired) electrons. The highest BCUT2D eigenvalue weighted by molar-refractivity contribution is 5.87. The van der Waals surface area contributed by atoms with Crippen molar-refractivity contribution >= 4 is 11.4 Å². The number of hydrogen-bond donors (Lipinski definition) is 0. The monoisotopic (exact) mass is 187 g/mol. The maximum Gasteiger partial charge on any atom is 0.0631 e. The highest BCUT2D eigenvalue weighted by Gasteiger charge is 2.06. The lowest BCUT2D eigenvalue weighted by molar-refractivity contribution is 0.667. The number of aryl methyl sites for hydroxylation is 1. The van der Waals surface area contributed by atoms with Gasteiger partial charge in [0.2, 0.25) is 0 Å². The Morgan fingerprint density at radius 1 is 1.07 bits per heavy atom. The molecular weight excluding hydrogens is 170 g/mol. The average Bonchev–Trinajstić information content (AvgIpc) is 2.19. The predicted molar refractivity (Wildman–Crippen MR) is 61.4 cm³/mol. The molecule has 1 aliphatic rings. The van der Waals surface area contributed by atoms with Crippen LogP contribution in [0.5, 0.6) is 0 Å². The van der Waals surface area contributed by atoms with E-state index >= 15 is 0 Å². The van der Waals surface area contributed by atoms with Gasteiger partial charge in [0.25, 0.3) is 0 Å². The quantitative estimate of drug-likeness (QED) is 0.629. The van der Waals surface area contributed by atoms with Gasteiger partial charge in [-0.15, -0.1) is 0 Å². The maximum atomic E-state index is 4.70. The number of hydrogen-bond acceptors (Lipinski definition) is 1. The Labute approximate surface area is 85.9 Å². The summed E-state index contributed by atoms with van der Waals surface area (Å²) in [6, 6.07) is 8.44. The summed E-state index contributed by atoms with van der Waals surface area (Å²) >= 11 is 0. The molecule has 1 aromatic carbocycles. The fraction of sp³-hybridized carbons (Fsp3) is 0.462. The van der Waals surface area contributed by atoms with Gasteiger partial charge in [0.15, 0.2) is 0 Å². The van der Waals surface area contributed by atoms with Crippen LogP contribution in [0.2, 0.25) is 0 Å². The Hall–Kier alpha value is -1.11. The van der Waals surface area contributed by atoms with Crippen LogP contribution in [0, 0.1) is 6.92 Å². The van der Waals surface area contributed by atoms with E-state index in [1.807, 2.05) is 0 Å². The number of nitrogens with zero attached hydrogens (tertiary/aromatic N) is 1. The van der Waals surface area contributed by atoms with Crippen molar-refractivity contribution in [2.24, 2.45) is 4.99 Å². The van der Waals surface area contributed by atoms with Crippen LogP contribution >= 0.6 is 0 Å². The number of aliphatic imine (C=N–C) groups is 1. The summed E-state index contributed by atoms with van der Waals surface area (Å²) in [6.45, 7) is 2.12. The Balaban J connectivity index is 2.15. The third-order valence-electron chi connectivity index (χ3n) is 2.72. The van der Waals surface area contributed by atoms with E-state index in [2.05, 4.69) is 31.2 Å². The molecule has 1 nitrogen and oxygen atoms in total. The van der Waals surface area contributed by atoms with E-state index in [1.165, 1.54) is 43.4 Å². The Morgan fingerprint density at radius 3 is 2.57 bits per heavy atom. The van der Waals surface area contributed by atoms with Crippen LogP contribution in [-0.2, 0) is 0 Å². The van der Waals surface area contributed by atoms with Crippen LogP contribution in [0.4, 0.5) is 5.69 Å². The summed E-state index contributed by atoms with van der Waals surface area (Å²) in [5.41, 5.74) is 3.81. The molecular formula is C13H17N. The topological polar surface area (TPSA) is 12.4 Å². The zero-order valence-electron chi connectivity index (χ0n) is 8.79. The molecule has 0 spiro atoms.